The lowest BCUT2D eigenvalue weighted by Gasteiger charge is -2.12. The van der Waals surface area contributed by atoms with Crippen LogP contribution in [0.3, 0.4) is 0 Å². The van der Waals surface area contributed by atoms with Crippen LogP contribution >= 0.6 is 23.2 Å². The Balaban J connectivity index is 2.65. The van der Waals surface area contributed by atoms with E-state index in [4.69, 9.17) is 27.7 Å². The van der Waals surface area contributed by atoms with Crippen molar-refractivity contribution in [1.29, 1.82) is 0 Å². The topological polar surface area (TPSA) is 38.1 Å². The summed E-state index contributed by atoms with van der Waals surface area (Å²) in [4.78, 5) is 0. The van der Waals surface area contributed by atoms with Gasteiger partial charge in [0.15, 0.2) is 0 Å². The van der Waals surface area contributed by atoms with Crippen molar-refractivity contribution in [3.8, 4) is 0 Å². The Morgan fingerprint density at radius 2 is 2.27 bits per heavy atom. The summed E-state index contributed by atoms with van der Waals surface area (Å²) in [5.41, 5.74) is 3.33. The van der Waals surface area contributed by atoms with E-state index in [-0.39, 0.29) is 6.04 Å². The fraction of sp³-hybridized carbons (Fsp3) is 0.500. The van der Waals surface area contributed by atoms with Gasteiger partial charge < -0.3 is 9.84 Å². The summed E-state index contributed by atoms with van der Waals surface area (Å²) in [7, 11) is 0. The van der Waals surface area contributed by atoms with Crippen LogP contribution < -0.4 is 5.32 Å². The predicted molar refractivity (Wildman–Crippen MR) is 62.2 cm³/mol. The molecule has 0 saturated carbocycles. The van der Waals surface area contributed by atoms with Crippen molar-refractivity contribution in [2.24, 2.45) is 0 Å². The summed E-state index contributed by atoms with van der Waals surface area (Å²) in [5, 5.41) is 7.71. The highest BCUT2D eigenvalue weighted by Gasteiger charge is 2.15. The number of nitrogens with zero attached hydrogens (tertiary/aromatic N) is 1. The molecule has 1 rings (SSSR count). The highest BCUT2D eigenvalue weighted by atomic mass is 35.5. The van der Waals surface area contributed by atoms with Gasteiger partial charge in [-0.2, -0.15) is 0 Å². The second-order valence-electron chi connectivity index (χ2n) is 3.40. The Bertz CT molecular complexity index is 341. The second kappa shape index (κ2) is 5.54. The maximum Gasteiger partial charge on any atom is 0.138 e. The van der Waals surface area contributed by atoms with Crippen molar-refractivity contribution in [3.63, 3.8) is 0 Å². The Labute approximate surface area is 99.4 Å². The van der Waals surface area contributed by atoms with Gasteiger partial charge in [-0.15, -0.1) is 0 Å². The van der Waals surface area contributed by atoms with E-state index in [0.29, 0.717) is 11.6 Å². The third-order valence-electron chi connectivity index (χ3n) is 2.22. The molecule has 3 nitrogen and oxygen atoms in total. The third kappa shape index (κ3) is 3.23. The van der Waals surface area contributed by atoms with Crippen LogP contribution in [0.2, 0.25) is 0 Å². The van der Waals surface area contributed by atoms with Crippen molar-refractivity contribution in [3.05, 3.63) is 27.6 Å². The van der Waals surface area contributed by atoms with Crippen LogP contribution in [-0.2, 0) is 0 Å². The highest BCUT2D eigenvalue weighted by molar-refractivity contribution is 6.36. The van der Waals surface area contributed by atoms with E-state index in [9.17, 15) is 0 Å². The number of aromatic nitrogens is 1. The summed E-state index contributed by atoms with van der Waals surface area (Å²) in [6.45, 7) is 6.39. The molecule has 1 aromatic rings. The largest absolute Gasteiger partial charge is 0.361 e. The average molecular weight is 249 g/mol. The van der Waals surface area contributed by atoms with Crippen LogP contribution in [0.4, 0.5) is 0 Å². The van der Waals surface area contributed by atoms with Crippen LogP contribution in [0.25, 0.3) is 0 Å². The Morgan fingerprint density at radius 3 is 2.73 bits per heavy atom. The fourth-order valence-electron chi connectivity index (χ4n) is 1.50. The normalized spacial score (nSPS) is 14.3. The average Bonchev–Trinajstić information content (AvgIpc) is 2.54. The molecule has 0 aliphatic carbocycles. The zero-order chi connectivity index (χ0) is 11.4. The van der Waals surface area contributed by atoms with E-state index in [2.05, 4.69) is 10.5 Å². The molecule has 1 aromatic heterocycles. The van der Waals surface area contributed by atoms with E-state index in [1.807, 2.05) is 20.8 Å². The van der Waals surface area contributed by atoms with Crippen molar-refractivity contribution in [1.82, 2.24) is 10.5 Å². The third-order valence-corrected chi connectivity index (χ3v) is 2.83. The van der Waals surface area contributed by atoms with Crippen molar-refractivity contribution in [2.75, 3.05) is 6.54 Å². The molecule has 0 saturated heterocycles. The first-order chi connectivity index (χ1) is 7.06. The van der Waals surface area contributed by atoms with Gasteiger partial charge in [0.1, 0.15) is 5.76 Å². The lowest BCUT2D eigenvalue weighted by atomic mass is 10.1. The molecule has 0 spiro atoms. The van der Waals surface area contributed by atoms with Gasteiger partial charge in [0, 0.05) is 28.7 Å². The number of rotatable bonds is 4. The molecule has 1 N–H and O–H groups in total. The summed E-state index contributed by atoms with van der Waals surface area (Å²) < 4.78 is 5.09. The number of halogens is 2. The van der Waals surface area contributed by atoms with Gasteiger partial charge in [-0.05, 0) is 20.8 Å². The van der Waals surface area contributed by atoms with Gasteiger partial charge in [-0.1, -0.05) is 28.4 Å². The summed E-state index contributed by atoms with van der Waals surface area (Å²) in [5.74, 6) is 0.832. The molecule has 0 aliphatic heterocycles. The van der Waals surface area contributed by atoms with Crippen LogP contribution in [0, 0.1) is 13.8 Å². The van der Waals surface area contributed by atoms with E-state index in [0.717, 1.165) is 17.0 Å². The van der Waals surface area contributed by atoms with E-state index in [1.165, 1.54) is 5.54 Å². The summed E-state index contributed by atoms with van der Waals surface area (Å²) in [6, 6.07) is 0.140. The van der Waals surface area contributed by atoms with Gasteiger partial charge in [0.2, 0.25) is 0 Å². The maximum atomic E-state index is 5.78. The SMILES string of the molecule is Cc1noc(C)c1C(C)NCC(Cl)=CCl. The minimum atomic E-state index is 0.140. The van der Waals surface area contributed by atoms with Gasteiger partial charge in [-0.25, -0.2) is 0 Å². The number of hydrogen-bond donors (Lipinski definition) is 1. The number of hydrogen-bond acceptors (Lipinski definition) is 3. The molecule has 1 heterocycles. The van der Waals surface area contributed by atoms with E-state index in [1.54, 1.807) is 0 Å². The molecule has 5 heteroatoms. The van der Waals surface area contributed by atoms with Gasteiger partial charge in [-0.3, -0.25) is 0 Å². The van der Waals surface area contributed by atoms with Crippen LogP contribution in [0.1, 0.15) is 30.0 Å². The number of aryl methyl sites for hydroxylation is 2. The van der Waals surface area contributed by atoms with Gasteiger partial charge >= 0.3 is 0 Å². The molecule has 0 radical (unpaired) electrons. The lowest BCUT2D eigenvalue weighted by molar-refractivity contribution is 0.391. The molecule has 0 bridgehead atoms. The zero-order valence-corrected chi connectivity index (χ0v) is 10.5. The quantitative estimate of drug-likeness (QED) is 0.889. The molecule has 1 atom stereocenters. The zero-order valence-electron chi connectivity index (χ0n) is 8.97. The molecule has 84 valence electrons. The standard InChI is InChI=1S/C10H14Cl2N2O/c1-6(13-5-9(12)4-11)10-7(2)14-15-8(10)3/h4,6,13H,5H2,1-3H3. The minimum absolute atomic E-state index is 0.140. The second-order valence-corrected chi connectivity index (χ2v) is 4.10. The predicted octanol–water partition coefficient (Wildman–Crippen LogP) is 3.26. The highest BCUT2D eigenvalue weighted by Crippen LogP contribution is 2.21. The minimum Gasteiger partial charge on any atom is -0.361 e. The van der Waals surface area contributed by atoms with Crippen LogP contribution in [0.5, 0.6) is 0 Å². The lowest BCUT2D eigenvalue weighted by Crippen LogP contribution is -2.20. The maximum absolute atomic E-state index is 5.78. The van der Waals surface area contributed by atoms with Crippen molar-refractivity contribution in [2.45, 2.75) is 26.8 Å². The molecule has 1 unspecified atom stereocenters. The van der Waals surface area contributed by atoms with E-state index < -0.39 is 0 Å². The Hall–Kier alpha value is -0.510. The van der Waals surface area contributed by atoms with Crippen LogP contribution in [-0.4, -0.2) is 11.7 Å². The number of nitrogens with one attached hydrogen (secondary N) is 1. The fourth-order valence-corrected chi connectivity index (χ4v) is 1.65. The van der Waals surface area contributed by atoms with E-state index >= 15 is 0 Å². The van der Waals surface area contributed by atoms with Crippen molar-refractivity contribution >= 4 is 23.2 Å². The smallest absolute Gasteiger partial charge is 0.138 e. The first-order valence-corrected chi connectivity index (χ1v) is 5.48. The summed E-state index contributed by atoms with van der Waals surface area (Å²) in [6.07, 6.45) is 0. The first kappa shape index (κ1) is 12.6. The molecule has 0 aliphatic rings. The first-order valence-electron chi connectivity index (χ1n) is 4.67. The van der Waals surface area contributed by atoms with Gasteiger partial charge in [0.05, 0.1) is 5.69 Å². The summed E-state index contributed by atoms with van der Waals surface area (Å²) >= 11 is 11.2. The Kier molecular flexibility index (Phi) is 4.64. The molecule has 0 fully saturated rings. The Morgan fingerprint density at radius 1 is 1.60 bits per heavy atom. The van der Waals surface area contributed by atoms with Crippen molar-refractivity contribution < 1.29 is 4.52 Å². The molecular formula is C10H14Cl2N2O. The molecular weight excluding hydrogens is 235 g/mol. The monoisotopic (exact) mass is 248 g/mol. The molecule has 15 heavy (non-hydrogen) atoms. The molecule has 0 amide bonds. The van der Waals surface area contributed by atoms with Crippen LogP contribution in [0.15, 0.2) is 15.1 Å². The molecule has 0 aromatic carbocycles. The van der Waals surface area contributed by atoms with Gasteiger partial charge in [0.25, 0.3) is 0 Å².